The van der Waals surface area contributed by atoms with E-state index in [1.54, 1.807) is 49.4 Å². The third kappa shape index (κ3) is 3.99. The zero-order valence-electron chi connectivity index (χ0n) is 11.9. The predicted molar refractivity (Wildman–Crippen MR) is 85.4 cm³/mol. The number of amides is 2. The lowest BCUT2D eigenvalue weighted by Crippen LogP contribution is -2.10. The Hall–Kier alpha value is -2.53. The van der Waals surface area contributed by atoms with E-state index >= 15 is 0 Å². The van der Waals surface area contributed by atoms with E-state index in [4.69, 9.17) is 22.1 Å². The molecule has 0 saturated heterocycles. The summed E-state index contributed by atoms with van der Waals surface area (Å²) in [6.45, 7) is 1.77. The molecule has 2 aromatic rings. The molecule has 2 amide bonds. The van der Waals surface area contributed by atoms with Crippen LogP contribution in [0.1, 0.15) is 23.7 Å². The van der Waals surface area contributed by atoms with Crippen molar-refractivity contribution in [2.24, 2.45) is 5.73 Å². The van der Waals surface area contributed by atoms with Crippen LogP contribution in [0.15, 0.2) is 42.5 Å². The number of halogens is 1. The number of anilines is 1. The van der Waals surface area contributed by atoms with Gasteiger partial charge >= 0.3 is 0 Å². The second-order valence-corrected chi connectivity index (χ2v) is 4.94. The average molecular weight is 319 g/mol. The Labute approximate surface area is 133 Å². The van der Waals surface area contributed by atoms with Crippen molar-refractivity contribution < 1.29 is 14.3 Å². The van der Waals surface area contributed by atoms with Crippen LogP contribution in [0.4, 0.5) is 5.69 Å². The van der Waals surface area contributed by atoms with E-state index < -0.39 is 5.91 Å². The molecule has 5 nitrogen and oxygen atoms in total. The first kappa shape index (κ1) is 15.9. The fourth-order valence-corrected chi connectivity index (χ4v) is 1.94. The highest BCUT2D eigenvalue weighted by Crippen LogP contribution is 2.31. The Bertz CT molecular complexity index is 699. The highest BCUT2D eigenvalue weighted by atomic mass is 35.5. The zero-order valence-corrected chi connectivity index (χ0v) is 12.7. The van der Waals surface area contributed by atoms with Crippen LogP contribution >= 0.6 is 11.6 Å². The predicted octanol–water partition coefficient (Wildman–Crippen LogP) is 3.58. The van der Waals surface area contributed by atoms with Gasteiger partial charge in [-0.2, -0.15) is 0 Å². The van der Waals surface area contributed by atoms with Crippen LogP contribution in [0.25, 0.3) is 0 Å². The summed E-state index contributed by atoms with van der Waals surface area (Å²) in [5.41, 5.74) is 6.18. The van der Waals surface area contributed by atoms with Crippen molar-refractivity contribution in [3.63, 3.8) is 0 Å². The van der Waals surface area contributed by atoms with Crippen molar-refractivity contribution in [2.75, 3.05) is 5.32 Å². The van der Waals surface area contributed by atoms with Crippen molar-refractivity contribution in [3.8, 4) is 11.5 Å². The molecular formula is C16H15ClN2O3. The number of nitrogens with one attached hydrogen (secondary N) is 1. The summed E-state index contributed by atoms with van der Waals surface area (Å²) in [6.07, 6.45) is 0.391. The normalized spacial score (nSPS) is 10.1. The van der Waals surface area contributed by atoms with Crippen LogP contribution in [0.5, 0.6) is 11.5 Å². The van der Waals surface area contributed by atoms with Gasteiger partial charge in [0.1, 0.15) is 11.5 Å². The van der Waals surface area contributed by atoms with E-state index in [0.717, 1.165) is 0 Å². The summed E-state index contributed by atoms with van der Waals surface area (Å²) in [7, 11) is 0. The topological polar surface area (TPSA) is 81.4 Å². The molecule has 0 spiro atoms. The number of benzene rings is 2. The number of carbonyl (C=O) groups is 2. The number of primary amides is 1. The molecule has 0 aliphatic rings. The van der Waals surface area contributed by atoms with E-state index in [1.807, 2.05) is 0 Å². The summed E-state index contributed by atoms with van der Waals surface area (Å²) in [6, 6.07) is 11.4. The molecule has 6 heteroatoms. The van der Waals surface area contributed by atoms with Crippen molar-refractivity contribution >= 4 is 29.1 Å². The second-order valence-electron chi connectivity index (χ2n) is 4.54. The first-order chi connectivity index (χ1) is 10.5. The Morgan fingerprint density at radius 2 is 1.86 bits per heavy atom. The molecule has 0 atom stereocenters. The fraction of sp³-hybridized carbons (Fsp3) is 0.125. The Morgan fingerprint density at radius 1 is 1.18 bits per heavy atom. The molecule has 3 N–H and O–H groups in total. The molecule has 2 rings (SSSR count). The third-order valence-electron chi connectivity index (χ3n) is 2.90. The van der Waals surface area contributed by atoms with Crippen LogP contribution in [0.2, 0.25) is 5.02 Å². The Morgan fingerprint density at radius 3 is 2.41 bits per heavy atom. The Kier molecular flexibility index (Phi) is 5.01. The van der Waals surface area contributed by atoms with Crippen molar-refractivity contribution in [1.29, 1.82) is 0 Å². The lowest BCUT2D eigenvalue weighted by atomic mass is 10.2. The van der Waals surface area contributed by atoms with E-state index in [2.05, 4.69) is 5.32 Å². The molecule has 0 saturated carbocycles. The maximum absolute atomic E-state index is 11.3. The van der Waals surface area contributed by atoms with Crippen LogP contribution in [-0.4, -0.2) is 11.8 Å². The van der Waals surface area contributed by atoms with Crippen LogP contribution < -0.4 is 15.8 Å². The van der Waals surface area contributed by atoms with Gasteiger partial charge in [-0.15, -0.1) is 0 Å². The molecule has 0 unspecified atom stereocenters. The van der Waals surface area contributed by atoms with E-state index in [1.165, 1.54) is 0 Å². The average Bonchev–Trinajstić information content (AvgIpc) is 2.50. The molecule has 0 aliphatic carbocycles. The van der Waals surface area contributed by atoms with Crippen LogP contribution in [-0.2, 0) is 4.79 Å². The lowest BCUT2D eigenvalue weighted by Gasteiger charge is -2.10. The van der Waals surface area contributed by atoms with Gasteiger partial charge in [0.2, 0.25) is 11.8 Å². The van der Waals surface area contributed by atoms with Gasteiger partial charge in [0, 0.05) is 17.7 Å². The molecule has 0 aliphatic heterocycles. The molecule has 0 radical (unpaired) electrons. The smallest absolute Gasteiger partial charge is 0.248 e. The first-order valence-corrected chi connectivity index (χ1v) is 7.04. The van der Waals surface area contributed by atoms with Crippen molar-refractivity contribution in [3.05, 3.63) is 53.1 Å². The highest BCUT2D eigenvalue weighted by molar-refractivity contribution is 6.32. The maximum Gasteiger partial charge on any atom is 0.248 e. The standard InChI is InChI=1S/C16H15ClN2O3/c1-2-15(20)19-11-5-8-14(13(17)9-11)22-12-6-3-10(4-7-12)16(18)21/h3-9H,2H2,1H3,(H2,18,21)(H,19,20). The molecule has 22 heavy (non-hydrogen) atoms. The van der Waals surface area contributed by atoms with Gasteiger partial charge in [0.05, 0.1) is 5.02 Å². The van der Waals surface area contributed by atoms with Crippen molar-refractivity contribution in [1.82, 2.24) is 0 Å². The largest absolute Gasteiger partial charge is 0.456 e. The molecule has 0 bridgehead atoms. The highest BCUT2D eigenvalue weighted by Gasteiger charge is 2.07. The van der Waals surface area contributed by atoms with Gasteiger partial charge in [0.15, 0.2) is 0 Å². The minimum Gasteiger partial charge on any atom is -0.456 e. The number of ether oxygens (including phenoxy) is 1. The maximum atomic E-state index is 11.3. The fourth-order valence-electron chi connectivity index (χ4n) is 1.72. The molecule has 0 aromatic heterocycles. The summed E-state index contributed by atoms with van der Waals surface area (Å²) < 4.78 is 5.63. The summed E-state index contributed by atoms with van der Waals surface area (Å²) in [5.74, 6) is 0.382. The quantitative estimate of drug-likeness (QED) is 0.884. The van der Waals surface area contributed by atoms with Gasteiger partial charge in [0.25, 0.3) is 0 Å². The molecule has 114 valence electrons. The molecule has 0 heterocycles. The number of hydrogen-bond acceptors (Lipinski definition) is 3. The van der Waals surface area contributed by atoms with Crippen LogP contribution in [0, 0.1) is 0 Å². The monoisotopic (exact) mass is 318 g/mol. The van der Waals surface area contributed by atoms with E-state index in [0.29, 0.717) is 34.2 Å². The molecular weight excluding hydrogens is 304 g/mol. The van der Waals surface area contributed by atoms with E-state index in [9.17, 15) is 9.59 Å². The summed E-state index contributed by atoms with van der Waals surface area (Å²) in [5, 5.41) is 3.08. The Balaban J connectivity index is 2.12. The molecule has 2 aromatic carbocycles. The number of nitrogens with two attached hydrogens (primary N) is 1. The number of rotatable bonds is 5. The van der Waals surface area contributed by atoms with Gasteiger partial charge in [-0.1, -0.05) is 18.5 Å². The summed E-state index contributed by atoms with van der Waals surface area (Å²) in [4.78, 5) is 22.3. The second kappa shape index (κ2) is 6.95. The summed E-state index contributed by atoms with van der Waals surface area (Å²) >= 11 is 6.14. The third-order valence-corrected chi connectivity index (χ3v) is 3.20. The number of hydrogen-bond donors (Lipinski definition) is 2. The lowest BCUT2D eigenvalue weighted by molar-refractivity contribution is -0.115. The minimum absolute atomic E-state index is 0.0909. The van der Waals surface area contributed by atoms with E-state index in [-0.39, 0.29) is 5.91 Å². The van der Waals surface area contributed by atoms with Crippen molar-refractivity contribution in [2.45, 2.75) is 13.3 Å². The van der Waals surface area contributed by atoms with Crippen LogP contribution in [0.3, 0.4) is 0 Å². The van der Waals surface area contributed by atoms with Gasteiger partial charge in [-0.25, -0.2) is 0 Å². The van der Waals surface area contributed by atoms with Gasteiger partial charge < -0.3 is 15.8 Å². The number of carbonyl (C=O) groups excluding carboxylic acids is 2. The zero-order chi connectivity index (χ0) is 16.1. The molecule has 0 fully saturated rings. The van der Waals surface area contributed by atoms with Gasteiger partial charge in [-0.05, 0) is 42.5 Å². The van der Waals surface area contributed by atoms with Gasteiger partial charge in [-0.3, -0.25) is 9.59 Å². The minimum atomic E-state index is -0.499. The first-order valence-electron chi connectivity index (χ1n) is 6.66. The SMILES string of the molecule is CCC(=O)Nc1ccc(Oc2ccc(C(N)=O)cc2)c(Cl)c1.